The molecule has 0 spiro atoms. The van der Waals surface area contributed by atoms with Crippen molar-refractivity contribution in [2.24, 2.45) is 5.84 Å². The van der Waals surface area contributed by atoms with Crippen molar-refractivity contribution in [1.82, 2.24) is 9.97 Å². The maximum absolute atomic E-state index is 13.4. The Bertz CT molecular complexity index is 595. The van der Waals surface area contributed by atoms with Gasteiger partial charge in [-0.1, -0.05) is 0 Å². The molecule has 0 amide bonds. The average Bonchev–Trinajstić information content (AvgIpc) is 2.33. The predicted molar refractivity (Wildman–Crippen MR) is 63.9 cm³/mol. The molecule has 0 saturated heterocycles. The van der Waals surface area contributed by atoms with Gasteiger partial charge in [-0.3, -0.25) is 0 Å². The minimum atomic E-state index is -1.10. The molecule has 0 fully saturated rings. The van der Waals surface area contributed by atoms with Gasteiger partial charge in [0, 0.05) is 18.2 Å². The maximum Gasteiger partial charge on any atom is 0.223 e. The van der Waals surface area contributed by atoms with Gasteiger partial charge in [-0.25, -0.2) is 19.0 Å². The average molecular weight is 270 g/mol. The summed E-state index contributed by atoms with van der Waals surface area (Å²) in [5, 5.41) is 2.34. The van der Waals surface area contributed by atoms with E-state index in [0.29, 0.717) is 12.1 Å². The van der Waals surface area contributed by atoms with Gasteiger partial charge in [-0.2, -0.15) is 9.97 Å². The van der Waals surface area contributed by atoms with E-state index in [2.05, 4.69) is 20.7 Å². The van der Waals surface area contributed by atoms with E-state index < -0.39 is 23.1 Å². The van der Waals surface area contributed by atoms with Gasteiger partial charge < -0.3 is 16.5 Å². The van der Waals surface area contributed by atoms with E-state index in [1.165, 1.54) is 6.07 Å². The smallest absolute Gasteiger partial charge is 0.223 e. The first-order valence-electron chi connectivity index (χ1n) is 5.02. The summed E-state index contributed by atoms with van der Waals surface area (Å²) >= 11 is 0. The highest BCUT2D eigenvalue weighted by Crippen LogP contribution is 2.24. The Hall–Kier alpha value is -2.55. The van der Waals surface area contributed by atoms with Crippen LogP contribution in [0.4, 0.5) is 36.4 Å². The zero-order chi connectivity index (χ0) is 14.0. The molecule has 9 heteroatoms. The number of nitrogen functional groups attached to an aromatic ring is 2. The number of halogens is 3. The van der Waals surface area contributed by atoms with Crippen LogP contribution in [0, 0.1) is 17.5 Å². The quantitative estimate of drug-likeness (QED) is 0.498. The molecular formula is C10H9F3N6. The molecule has 0 radical (unpaired) electrons. The van der Waals surface area contributed by atoms with Crippen LogP contribution >= 0.6 is 0 Å². The zero-order valence-corrected chi connectivity index (χ0v) is 9.42. The van der Waals surface area contributed by atoms with E-state index in [1.54, 1.807) is 0 Å². The number of rotatable bonds is 3. The Kier molecular flexibility index (Phi) is 3.38. The monoisotopic (exact) mass is 270 g/mol. The summed E-state index contributed by atoms with van der Waals surface area (Å²) in [4.78, 5) is 7.41. The lowest BCUT2D eigenvalue weighted by Gasteiger charge is -2.09. The maximum atomic E-state index is 13.4. The highest BCUT2D eigenvalue weighted by atomic mass is 19.1. The molecule has 0 bridgehead atoms. The molecule has 6 N–H and O–H groups in total. The number of benzene rings is 1. The van der Waals surface area contributed by atoms with Crippen LogP contribution in [-0.4, -0.2) is 9.97 Å². The summed E-state index contributed by atoms with van der Waals surface area (Å²) in [6.45, 7) is 0. The van der Waals surface area contributed by atoms with E-state index in [4.69, 9.17) is 11.6 Å². The van der Waals surface area contributed by atoms with Gasteiger partial charge in [0.1, 0.15) is 23.1 Å². The molecule has 0 saturated carbocycles. The van der Waals surface area contributed by atoms with Crippen LogP contribution < -0.4 is 22.3 Å². The summed E-state index contributed by atoms with van der Waals surface area (Å²) in [5.41, 5.74) is 7.04. The summed E-state index contributed by atoms with van der Waals surface area (Å²) in [6, 6.07) is 2.36. The van der Waals surface area contributed by atoms with E-state index in [-0.39, 0.29) is 17.6 Å². The van der Waals surface area contributed by atoms with Gasteiger partial charge in [0.2, 0.25) is 5.95 Å². The Labute approximate surface area is 105 Å². The standard InChI is InChI=1S/C10H9F3N6/c11-4-1-5(12)9(6(13)2-4)16-7-3-8(19-15)18-10(14)17-7/h1-3H,15H2,(H4,14,16,17,18,19). The van der Waals surface area contributed by atoms with Crippen molar-refractivity contribution in [3.8, 4) is 0 Å². The summed E-state index contributed by atoms with van der Waals surface area (Å²) in [7, 11) is 0. The van der Waals surface area contributed by atoms with Crippen LogP contribution in [0.25, 0.3) is 0 Å². The molecule has 2 aromatic rings. The van der Waals surface area contributed by atoms with Gasteiger partial charge in [0.15, 0.2) is 11.6 Å². The van der Waals surface area contributed by atoms with Gasteiger partial charge in [-0.05, 0) is 0 Å². The van der Waals surface area contributed by atoms with Crippen LogP contribution in [0.2, 0.25) is 0 Å². The number of nitrogens with two attached hydrogens (primary N) is 2. The van der Waals surface area contributed by atoms with Crippen molar-refractivity contribution in [3.05, 3.63) is 35.7 Å². The summed E-state index contributed by atoms with van der Waals surface area (Å²) in [5.74, 6) is 1.92. The van der Waals surface area contributed by atoms with E-state index in [1.807, 2.05) is 0 Å². The van der Waals surface area contributed by atoms with Gasteiger partial charge >= 0.3 is 0 Å². The highest BCUT2D eigenvalue weighted by molar-refractivity contribution is 5.61. The van der Waals surface area contributed by atoms with Crippen LogP contribution in [0.15, 0.2) is 18.2 Å². The molecule has 0 aliphatic carbocycles. The molecule has 19 heavy (non-hydrogen) atoms. The van der Waals surface area contributed by atoms with Crippen LogP contribution in [0.3, 0.4) is 0 Å². The van der Waals surface area contributed by atoms with Crippen molar-refractivity contribution in [2.45, 2.75) is 0 Å². The van der Waals surface area contributed by atoms with Crippen LogP contribution in [-0.2, 0) is 0 Å². The largest absolute Gasteiger partial charge is 0.368 e. The molecule has 1 heterocycles. The number of aromatic nitrogens is 2. The molecule has 100 valence electrons. The van der Waals surface area contributed by atoms with Crippen molar-refractivity contribution in [2.75, 3.05) is 16.5 Å². The third-order valence-corrected chi connectivity index (χ3v) is 2.15. The molecule has 2 rings (SSSR count). The second-order valence-electron chi connectivity index (χ2n) is 3.51. The van der Waals surface area contributed by atoms with Crippen LogP contribution in [0.5, 0.6) is 0 Å². The molecule has 0 aliphatic heterocycles. The Morgan fingerprint density at radius 1 is 0.947 bits per heavy atom. The molecule has 1 aromatic carbocycles. The van der Waals surface area contributed by atoms with Crippen LogP contribution in [0.1, 0.15) is 0 Å². The normalized spacial score (nSPS) is 10.3. The number of nitrogens with zero attached hydrogens (tertiary/aromatic N) is 2. The lowest BCUT2D eigenvalue weighted by atomic mass is 10.2. The number of anilines is 4. The van der Waals surface area contributed by atoms with Gasteiger partial charge in [0.05, 0.1) is 0 Å². The SMILES string of the molecule is NNc1cc(Nc2c(F)cc(F)cc2F)nc(N)n1. The predicted octanol–water partition coefficient (Wildman–Crippen LogP) is 1.51. The highest BCUT2D eigenvalue weighted by Gasteiger charge is 2.13. The molecule has 6 nitrogen and oxygen atoms in total. The molecule has 0 aliphatic rings. The van der Waals surface area contributed by atoms with Gasteiger partial charge in [0.25, 0.3) is 0 Å². The second kappa shape index (κ2) is 4.98. The molecule has 0 unspecified atom stereocenters. The molecule has 0 atom stereocenters. The van der Waals surface area contributed by atoms with Crippen molar-refractivity contribution in [1.29, 1.82) is 0 Å². The number of hydrogen-bond donors (Lipinski definition) is 4. The molecular weight excluding hydrogens is 261 g/mol. The van der Waals surface area contributed by atoms with Crippen molar-refractivity contribution in [3.63, 3.8) is 0 Å². The second-order valence-corrected chi connectivity index (χ2v) is 3.51. The Morgan fingerprint density at radius 2 is 1.53 bits per heavy atom. The first-order valence-corrected chi connectivity index (χ1v) is 5.02. The van der Waals surface area contributed by atoms with Crippen molar-refractivity contribution < 1.29 is 13.2 Å². The van der Waals surface area contributed by atoms with E-state index in [0.717, 1.165) is 0 Å². The third kappa shape index (κ3) is 2.83. The number of hydrogen-bond acceptors (Lipinski definition) is 6. The zero-order valence-electron chi connectivity index (χ0n) is 9.42. The summed E-state index contributed by atoms with van der Waals surface area (Å²) < 4.78 is 39.6. The number of hydrazine groups is 1. The number of nitrogens with one attached hydrogen (secondary N) is 2. The lowest BCUT2D eigenvalue weighted by molar-refractivity contribution is 0.549. The lowest BCUT2D eigenvalue weighted by Crippen LogP contribution is -2.11. The first-order chi connectivity index (χ1) is 8.99. The fourth-order valence-corrected chi connectivity index (χ4v) is 1.39. The van der Waals surface area contributed by atoms with Gasteiger partial charge in [-0.15, -0.1) is 0 Å². The topological polar surface area (TPSA) is 102 Å². The molecule has 1 aromatic heterocycles. The minimum absolute atomic E-state index is 0.00450. The van der Waals surface area contributed by atoms with Crippen molar-refractivity contribution >= 4 is 23.3 Å². The third-order valence-electron chi connectivity index (χ3n) is 2.15. The minimum Gasteiger partial charge on any atom is -0.368 e. The van der Waals surface area contributed by atoms with E-state index in [9.17, 15) is 13.2 Å². The fourth-order valence-electron chi connectivity index (χ4n) is 1.39. The summed E-state index contributed by atoms with van der Waals surface area (Å²) in [6.07, 6.45) is 0. The first kappa shape index (κ1) is 12.9. The fraction of sp³-hybridized carbons (Fsp3) is 0. The Morgan fingerprint density at radius 3 is 2.11 bits per heavy atom. The Balaban J connectivity index is 2.39. The van der Waals surface area contributed by atoms with E-state index >= 15 is 0 Å².